The minimum atomic E-state index is 0.169. The van der Waals surface area contributed by atoms with E-state index in [1.165, 1.54) is 0 Å². The van der Waals surface area contributed by atoms with E-state index >= 15 is 0 Å². The number of nitrogens with one attached hydrogen (secondary N) is 1. The summed E-state index contributed by atoms with van der Waals surface area (Å²) in [7, 11) is 0. The molecule has 0 aliphatic heterocycles. The van der Waals surface area contributed by atoms with Gasteiger partial charge in [-0.3, -0.25) is 4.79 Å². The molecule has 1 amide bonds. The number of hydrogen-bond acceptors (Lipinski definition) is 5. The van der Waals surface area contributed by atoms with Gasteiger partial charge in [-0.25, -0.2) is 11.0 Å². The van der Waals surface area contributed by atoms with Gasteiger partial charge in [-0.1, -0.05) is 0 Å². The molecule has 0 heterocycles. The fourth-order valence-electron chi connectivity index (χ4n) is 1.22. The first-order valence-corrected chi connectivity index (χ1v) is 5.42. The Kier molecular flexibility index (Phi) is 5.62. The van der Waals surface area contributed by atoms with E-state index in [0.717, 1.165) is 5.12 Å². The van der Waals surface area contributed by atoms with Gasteiger partial charge < -0.3 is 15.8 Å². The first-order chi connectivity index (χ1) is 8.67. The molecule has 5 N–H and O–H groups in total. The Bertz CT molecular complexity index is 404. The summed E-state index contributed by atoms with van der Waals surface area (Å²) in [5, 5.41) is 7.60. The minimum absolute atomic E-state index is 0.169. The van der Waals surface area contributed by atoms with Crippen LogP contribution in [0.1, 0.15) is 12.5 Å². The van der Waals surface area contributed by atoms with Crippen molar-refractivity contribution < 1.29 is 9.53 Å². The number of carbonyl (C=O) groups is 1. The summed E-state index contributed by atoms with van der Waals surface area (Å²) >= 11 is 0. The molecule has 0 aliphatic carbocycles. The molecule has 0 unspecified atom stereocenters. The van der Waals surface area contributed by atoms with E-state index in [1.54, 1.807) is 24.3 Å². The van der Waals surface area contributed by atoms with Crippen LogP contribution in [0.2, 0.25) is 0 Å². The van der Waals surface area contributed by atoms with Crippen molar-refractivity contribution in [2.24, 2.45) is 16.7 Å². The van der Waals surface area contributed by atoms with Crippen LogP contribution < -0.4 is 16.9 Å². The molecule has 0 aliphatic rings. The number of anilines is 1. The van der Waals surface area contributed by atoms with E-state index in [1.807, 2.05) is 6.92 Å². The second-order valence-corrected chi connectivity index (χ2v) is 3.39. The number of nitrogens with zero attached hydrogens (tertiary/aromatic N) is 2. The number of benzene rings is 1. The first-order valence-electron chi connectivity index (χ1n) is 5.42. The Balaban J connectivity index is 2.67. The molecule has 18 heavy (non-hydrogen) atoms. The molecule has 0 spiro atoms. The normalized spacial score (nSPS) is 11.1. The number of amides is 1. The molecule has 0 bridgehead atoms. The Hall–Kier alpha value is -2.12. The number of hydrazine groups is 1. The summed E-state index contributed by atoms with van der Waals surface area (Å²) in [4.78, 5) is 10.2. The summed E-state index contributed by atoms with van der Waals surface area (Å²) < 4.78 is 5.07. The van der Waals surface area contributed by atoms with Crippen molar-refractivity contribution in [1.29, 1.82) is 0 Å². The van der Waals surface area contributed by atoms with Gasteiger partial charge in [0.25, 0.3) is 0 Å². The van der Waals surface area contributed by atoms with E-state index in [2.05, 4.69) is 10.4 Å². The van der Waals surface area contributed by atoms with Crippen LogP contribution in [-0.2, 0) is 9.53 Å². The minimum Gasteiger partial charge on any atom is -0.382 e. The highest BCUT2D eigenvalue weighted by Gasteiger charge is 2.01. The third-order valence-electron chi connectivity index (χ3n) is 2.07. The van der Waals surface area contributed by atoms with Gasteiger partial charge in [0, 0.05) is 17.9 Å². The number of hydrazone groups is 1. The van der Waals surface area contributed by atoms with Crippen molar-refractivity contribution in [2.75, 3.05) is 18.7 Å². The summed E-state index contributed by atoms with van der Waals surface area (Å²) in [6.07, 6.45) is 0.607. The molecule has 0 saturated carbocycles. The van der Waals surface area contributed by atoms with E-state index in [4.69, 9.17) is 16.3 Å². The highest BCUT2D eigenvalue weighted by molar-refractivity contribution is 5.97. The molecule has 1 aromatic carbocycles. The molecule has 7 nitrogen and oxygen atoms in total. The second-order valence-electron chi connectivity index (χ2n) is 3.39. The third kappa shape index (κ3) is 4.40. The van der Waals surface area contributed by atoms with E-state index in [-0.39, 0.29) is 12.6 Å². The van der Waals surface area contributed by atoms with Crippen LogP contribution in [0.5, 0.6) is 0 Å². The van der Waals surface area contributed by atoms with Crippen LogP contribution in [0.25, 0.3) is 0 Å². The lowest BCUT2D eigenvalue weighted by molar-refractivity contribution is -0.105. The van der Waals surface area contributed by atoms with Gasteiger partial charge in [0.1, 0.15) is 0 Å². The molecular formula is C11H17N5O2. The number of rotatable bonds is 7. The zero-order chi connectivity index (χ0) is 13.4. The molecule has 0 atom stereocenters. The maximum Gasteiger partial charge on any atom is 0.211 e. The van der Waals surface area contributed by atoms with Crippen molar-refractivity contribution in [2.45, 2.75) is 6.92 Å². The monoisotopic (exact) mass is 251 g/mol. The Morgan fingerprint density at radius 1 is 1.50 bits per heavy atom. The van der Waals surface area contributed by atoms with Gasteiger partial charge in [-0.2, -0.15) is 0 Å². The fourth-order valence-corrected chi connectivity index (χ4v) is 1.22. The maximum atomic E-state index is 10.2. The SMILES string of the molecule is CCOCN(N)/N=C(\N)c1ccc(NC=O)cc1. The van der Waals surface area contributed by atoms with Crippen molar-refractivity contribution in [3.63, 3.8) is 0 Å². The molecule has 1 rings (SSSR count). The standard InChI is InChI=1S/C11H17N5O2/c1-2-18-8-16(13)15-11(12)9-3-5-10(6-4-9)14-7-17/h3-7H,2,8,13H2,1H3,(H2,12,15)(H,14,17). The molecule has 0 radical (unpaired) electrons. The van der Waals surface area contributed by atoms with Crippen LogP contribution in [0.4, 0.5) is 5.69 Å². The fraction of sp³-hybridized carbons (Fsp3) is 0.273. The van der Waals surface area contributed by atoms with E-state index < -0.39 is 0 Å². The number of nitrogens with two attached hydrogens (primary N) is 2. The highest BCUT2D eigenvalue weighted by Crippen LogP contribution is 2.08. The van der Waals surface area contributed by atoms with E-state index in [9.17, 15) is 4.79 Å². The predicted molar refractivity (Wildman–Crippen MR) is 69.4 cm³/mol. The number of carbonyl (C=O) groups excluding carboxylic acids is 1. The lowest BCUT2D eigenvalue weighted by Gasteiger charge is -2.13. The van der Waals surface area contributed by atoms with Crippen molar-refractivity contribution >= 4 is 17.9 Å². The molecule has 98 valence electrons. The first kappa shape index (κ1) is 13.9. The molecule has 7 heteroatoms. The van der Waals surface area contributed by atoms with Crippen LogP contribution in [0.15, 0.2) is 29.4 Å². The van der Waals surface area contributed by atoms with Gasteiger partial charge in [-0.05, 0) is 31.2 Å². The van der Waals surface area contributed by atoms with Gasteiger partial charge >= 0.3 is 0 Å². The summed E-state index contributed by atoms with van der Waals surface area (Å²) in [6.45, 7) is 2.58. The quantitative estimate of drug-likeness (QED) is 0.158. The third-order valence-corrected chi connectivity index (χ3v) is 2.07. The zero-order valence-corrected chi connectivity index (χ0v) is 10.2. The second kappa shape index (κ2) is 7.25. The molecule has 0 aromatic heterocycles. The van der Waals surface area contributed by atoms with Crippen molar-refractivity contribution in [3.05, 3.63) is 29.8 Å². The maximum absolute atomic E-state index is 10.2. The Morgan fingerprint density at radius 2 is 2.17 bits per heavy atom. The molecule has 0 fully saturated rings. The van der Waals surface area contributed by atoms with Crippen molar-refractivity contribution in [1.82, 2.24) is 5.12 Å². The number of ether oxygens (including phenoxy) is 1. The number of amidine groups is 1. The van der Waals surface area contributed by atoms with Crippen LogP contribution in [0.3, 0.4) is 0 Å². The van der Waals surface area contributed by atoms with Gasteiger partial charge in [0.15, 0.2) is 12.6 Å². The molecular weight excluding hydrogens is 234 g/mol. The van der Waals surface area contributed by atoms with Crippen molar-refractivity contribution in [3.8, 4) is 0 Å². The largest absolute Gasteiger partial charge is 0.382 e. The number of hydrogen-bond donors (Lipinski definition) is 3. The summed E-state index contributed by atoms with van der Waals surface area (Å²) in [5.41, 5.74) is 7.16. The summed E-state index contributed by atoms with van der Waals surface area (Å²) in [6, 6.07) is 6.91. The predicted octanol–water partition coefficient (Wildman–Crippen LogP) is 0.0449. The Labute approximate surface area is 105 Å². The van der Waals surface area contributed by atoms with Crippen LogP contribution >= 0.6 is 0 Å². The van der Waals surface area contributed by atoms with Gasteiger partial charge in [0.2, 0.25) is 6.41 Å². The van der Waals surface area contributed by atoms with Gasteiger partial charge in [0.05, 0.1) is 0 Å². The van der Waals surface area contributed by atoms with E-state index in [0.29, 0.717) is 24.3 Å². The zero-order valence-electron chi connectivity index (χ0n) is 10.2. The smallest absolute Gasteiger partial charge is 0.211 e. The van der Waals surface area contributed by atoms with Crippen LogP contribution in [0, 0.1) is 0 Å². The lowest BCUT2D eigenvalue weighted by atomic mass is 10.2. The average Bonchev–Trinajstić information content (AvgIpc) is 2.37. The lowest BCUT2D eigenvalue weighted by Crippen LogP contribution is -2.31. The average molecular weight is 251 g/mol. The van der Waals surface area contributed by atoms with Gasteiger partial charge in [-0.15, -0.1) is 5.10 Å². The highest BCUT2D eigenvalue weighted by atomic mass is 16.5. The Morgan fingerprint density at radius 3 is 2.72 bits per heavy atom. The summed E-state index contributed by atoms with van der Waals surface area (Å²) in [5.74, 6) is 5.83. The topological polar surface area (TPSA) is 106 Å². The van der Waals surface area contributed by atoms with Crippen LogP contribution in [-0.4, -0.2) is 30.7 Å². The molecule has 1 aromatic rings. The molecule has 0 saturated heterocycles.